The van der Waals surface area contributed by atoms with Crippen LogP contribution < -0.4 is 21.7 Å². The van der Waals surface area contributed by atoms with Gasteiger partial charge in [-0.1, -0.05) is 35.9 Å². The van der Waals surface area contributed by atoms with Crippen LogP contribution in [0.25, 0.3) is 44.6 Å². The number of hydrogen-bond donors (Lipinski definition) is 6. The third-order valence-corrected chi connectivity index (χ3v) is 10.6. The van der Waals surface area contributed by atoms with Gasteiger partial charge < -0.3 is 31.7 Å². The van der Waals surface area contributed by atoms with E-state index in [1.807, 2.05) is 68.4 Å². The molecule has 0 radical (unpaired) electrons. The zero-order valence-corrected chi connectivity index (χ0v) is 32.2. The zero-order chi connectivity index (χ0) is 38.5. The molecule has 4 aromatic heterocycles. The summed E-state index contributed by atoms with van der Waals surface area (Å²) in [6.07, 6.45) is 5.02. The number of carbonyl (C=O) groups excluding carboxylic acids is 2. The summed E-state index contributed by atoms with van der Waals surface area (Å²) in [4.78, 5) is 49.1. The fourth-order valence-corrected chi connectivity index (χ4v) is 6.73. The fraction of sp³-hybridized carbons (Fsp3) is 0.300. The highest BCUT2D eigenvalue weighted by Gasteiger charge is 2.44. The van der Waals surface area contributed by atoms with Crippen LogP contribution in [0.3, 0.4) is 0 Å². The number of fused-ring (bicyclic) bond motifs is 4. The Hall–Kier alpha value is -6.06. The van der Waals surface area contributed by atoms with Gasteiger partial charge in [-0.2, -0.15) is 10.5 Å². The molecule has 0 saturated heterocycles. The van der Waals surface area contributed by atoms with Gasteiger partial charge in [-0.05, 0) is 63.8 Å². The number of rotatable bonds is 4. The van der Waals surface area contributed by atoms with Crippen molar-refractivity contribution in [1.29, 1.82) is 10.5 Å². The van der Waals surface area contributed by atoms with Crippen LogP contribution in [0.4, 0.5) is 5.82 Å². The molecule has 2 amide bonds. The molecular formula is C40H38Cl2N12O2. The highest BCUT2D eigenvalue weighted by Crippen LogP contribution is 2.39. The molecule has 56 heavy (non-hydrogen) atoms. The molecular weight excluding hydrogens is 751 g/mol. The maximum absolute atomic E-state index is 12.1. The molecule has 2 aromatic carbocycles. The van der Waals surface area contributed by atoms with E-state index in [1.165, 1.54) is 0 Å². The van der Waals surface area contributed by atoms with E-state index in [4.69, 9.17) is 27.6 Å². The number of aromatic nitrogens is 6. The Kier molecular flexibility index (Phi) is 10.2. The number of halogens is 2. The van der Waals surface area contributed by atoms with Crippen LogP contribution in [0, 0.1) is 36.5 Å². The Morgan fingerprint density at radius 3 is 1.70 bits per heavy atom. The first kappa shape index (κ1) is 38.2. The summed E-state index contributed by atoms with van der Waals surface area (Å²) in [5.41, 5.74) is 15.7. The summed E-state index contributed by atoms with van der Waals surface area (Å²) in [5, 5.41) is 26.8. The van der Waals surface area contributed by atoms with Crippen molar-refractivity contribution in [2.45, 2.75) is 63.5 Å². The molecule has 6 heterocycles. The smallest absolute Gasteiger partial charge is 0.253 e. The third-order valence-electron chi connectivity index (χ3n) is 10.2. The minimum absolute atomic E-state index is 0. The van der Waals surface area contributed by atoms with E-state index in [9.17, 15) is 14.9 Å². The summed E-state index contributed by atoms with van der Waals surface area (Å²) in [7, 11) is 0. The lowest BCUT2D eigenvalue weighted by Crippen LogP contribution is -2.31. The van der Waals surface area contributed by atoms with Crippen molar-refractivity contribution in [3.05, 3.63) is 87.6 Å². The molecule has 284 valence electrons. The number of nitrogens with two attached hydrogens (primary N) is 1. The number of aromatic amines is 2. The summed E-state index contributed by atoms with van der Waals surface area (Å²) in [5.74, 6) is 0.556. The second kappa shape index (κ2) is 14.9. The van der Waals surface area contributed by atoms with Gasteiger partial charge in [0.25, 0.3) is 11.8 Å². The molecule has 0 unspecified atom stereocenters. The van der Waals surface area contributed by atoms with Crippen LogP contribution in [-0.2, 0) is 12.8 Å². The Labute approximate surface area is 333 Å². The van der Waals surface area contributed by atoms with Crippen molar-refractivity contribution >= 4 is 63.7 Å². The average molecular weight is 790 g/mol. The zero-order valence-electron chi connectivity index (χ0n) is 30.6. The Bertz CT molecular complexity index is 2630. The lowest BCUT2D eigenvalue weighted by Gasteiger charge is -2.14. The first-order valence-corrected chi connectivity index (χ1v) is 18.5. The monoisotopic (exact) mass is 788 g/mol. The molecule has 0 atom stereocenters. The standard InChI is InChI=1S/C20H18N6O.C16H13ClN4O.C4H6N2.ClH/c1-11-18(26-20(10-21)6-7-20)25-17-12(3-2-4-15(17)23-11)16-9-13-14(24-16)5-8-22-19(13)27;1-8-15(17)21-14-9(3-2-4-12(14)19-8)13-7-10-11(20-13)5-6-18-16(10)22;5-3-4(6)1-2-4;/h2-4,9,24H,5-8H2,1H3,(H,22,27)(H,25,26);2-4,7,20H,5-6H2,1H3,(H,18,22);1-2,6H2;1H. The number of para-hydroxylation sites is 2. The molecule has 2 saturated carbocycles. The number of carbonyl (C=O) groups is 2. The summed E-state index contributed by atoms with van der Waals surface area (Å²) in [6, 6.07) is 19.7. The predicted octanol–water partition coefficient (Wildman–Crippen LogP) is 5.98. The maximum atomic E-state index is 12.1. The normalized spacial score (nSPS) is 16.5. The predicted molar refractivity (Wildman–Crippen MR) is 215 cm³/mol. The van der Waals surface area contributed by atoms with Crippen molar-refractivity contribution in [2.75, 3.05) is 18.4 Å². The highest BCUT2D eigenvalue weighted by atomic mass is 35.5. The number of benzene rings is 2. The molecule has 10 rings (SSSR count). The second-order valence-electron chi connectivity index (χ2n) is 14.4. The van der Waals surface area contributed by atoms with Crippen LogP contribution >= 0.6 is 24.0 Å². The van der Waals surface area contributed by atoms with Gasteiger partial charge in [-0.15, -0.1) is 12.4 Å². The molecule has 0 bridgehead atoms. The molecule has 16 heteroatoms. The number of hydrogen-bond acceptors (Lipinski definition) is 10. The molecule has 2 aliphatic carbocycles. The van der Waals surface area contributed by atoms with Crippen LogP contribution in [0.2, 0.25) is 5.15 Å². The van der Waals surface area contributed by atoms with E-state index in [0.29, 0.717) is 40.9 Å². The number of aryl methyl sites for hydroxylation is 2. The Morgan fingerprint density at radius 1 is 0.732 bits per heavy atom. The van der Waals surface area contributed by atoms with Crippen LogP contribution in [-0.4, -0.2) is 65.9 Å². The maximum Gasteiger partial charge on any atom is 0.253 e. The molecule has 14 nitrogen and oxygen atoms in total. The van der Waals surface area contributed by atoms with E-state index >= 15 is 0 Å². The van der Waals surface area contributed by atoms with Gasteiger partial charge in [-0.25, -0.2) is 19.9 Å². The van der Waals surface area contributed by atoms with Gasteiger partial charge in [-0.3, -0.25) is 9.59 Å². The van der Waals surface area contributed by atoms with E-state index in [1.54, 1.807) is 0 Å². The molecule has 2 aliphatic heterocycles. The van der Waals surface area contributed by atoms with Crippen molar-refractivity contribution < 1.29 is 9.59 Å². The van der Waals surface area contributed by atoms with Crippen molar-refractivity contribution in [1.82, 2.24) is 40.5 Å². The SMILES string of the molecule is Cc1nc2cccc(-c3cc4c([nH]3)CCNC4=O)c2nc1Cl.Cc1nc2cccc(-c3cc4c([nH]3)CCNC4=O)c2nc1NC1(C#N)CC1.Cl.N#CC1(N)CC1. The summed E-state index contributed by atoms with van der Waals surface area (Å²) < 4.78 is 0. The molecule has 4 aliphatic rings. The number of H-pyrrole nitrogens is 2. The van der Waals surface area contributed by atoms with E-state index in [2.05, 4.69) is 46.9 Å². The van der Waals surface area contributed by atoms with Crippen LogP contribution in [0.5, 0.6) is 0 Å². The quantitative estimate of drug-likeness (QED) is 0.122. The van der Waals surface area contributed by atoms with Gasteiger partial charge >= 0.3 is 0 Å². The number of nitrogens with zero attached hydrogens (tertiary/aromatic N) is 6. The van der Waals surface area contributed by atoms with E-state index in [-0.39, 0.29) is 24.2 Å². The minimum Gasteiger partial charge on any atom is -0.358 e. The number of anilines is 1. The lowest BCUT2D eigenvalue weighted by molar-refractivity contribution is 0.0937. The van der Waals surface area contributed by atoms with E-state index in [0.717, 1.165) is 100 Å². The van der Waals surface area contributed by atoms with Crippen molar-refractivity contribution in [3.63, 3.8) is 0 Å². The Balaban J connectivity index is 0.000000149. The average Bonchev–Trinajstić information content (AvgIpc) is 4.02. The first-order chi connectivity index (χ1) is 26.5. The molecule has 6 aromatic rings. The van der Waals surface area contributed by atoms with Crippen molar-refractivity contribution in [2.24, 2.45) is 5.73 Å². The van der Waals surface area contributed by atoms with E-state index < -0.39 is 11.1 Å². The molecule has 0 spiro atoms. The Morgan fingerprint density at radius 2 is 1.25 bits per heavy atom. The summed E-state index contributed by atoms with van der Waals surface area (Å²) in [6.45, 7) is 5.03. The lowest BCUT2D eigenvalue weighted by atomic mass is 10.1. The number of amides is 2. The van der Waals surface area contributed by atoms with Gasteiger partial charge in [0.1, 0.15) is 22.4 Å². The topological polar surface area (TPSA) is 227 Å². The molecule has 2 fully saturated rings. The van der Waals surface area contributed by atoms with Gasteiger partial charge in [0.05, 0.1) is 51.2 Å². The van der Waals surface area contributed by atoms with Crippen LogP contribution in [0.1, 0.15) is 69.2 Å². The van der Waals surface area contributed by atoms with Gasteiger partial charge in [0.2, 0.25) is 0 Å². The third kappa shape index (κ3) is 7.47. The first-order valence-electron chi connectivity index (χ1n) is 18.1. The molecule has 7 N–H and O–H groups in total. The highest BCUT2D eigenvalue weighted by molar-refractivity contribution is 6.30. The number of nitriles is 2. The summed E-state index contributed by atoms with van der Waals surface area (Å²) >= 11 is 6.12. The minimum atomic E-state index is -0.508. The largest absolute Gasteiger partial charge is 0.358 e. The van der Waals surface area contributed by atoms with Gasteiger partial charge in [0.15, 0.2) is 5.15 Å². The van der Waals surface area contributed by atoms with Crippen LogP contribution in [0.15, 0.2) is 48.5 Å². The second-order valence-corrected chi connectivity index (χ2v) is 14.7. The van der Waals surface area contributed by atoms with Gasteiger partial charge in [0, 0.05) is 59.8 Å². The fourth-order valence-electron chi connectivity index (χ4n) is 6.60. The van der Waals surface area contributed by atoms with Crippen molar-refractivity contribution in [3.8, 4) is 34.7 Å². The number of nitrogens with one attached hydrogen (secondary N) is 5.